The monoisotopic (exact) mass is 330 g/mol. The van der Waals surface area contributed by atoms with Gasteiger partial charge in [0.1, 0.15) is 11.2 Å². The van der Waals surface area contributed by atoms with Gasteiger partial charge in [-0.05, 0) is 31.7 Å². The Balaban J connectivity index is 1.93. The zero-order chi connectivity index (χ0) is 16.2. The van der Waals surface area contributed by atoms with E-state index in [4.69, 9.17) is 5.26 Å². The molecule has 0 aliphatic heterocycles. The molecule has 22 heavy (non-hydrogen) atoms. The third-order valence-electron chi connectivity index (χ3n) is 3.31. The van der Waals surface area contributed by atoms with Gasteiger partial charge in [-0.1, -0.05) is 11.8 Å². The van der Waals surface area contributed by atoms with E-state index in [0.717, 1.165) is 36.9 Å². The van der Waals surface area contributed by atoms with Crippen LogP contribution in [-0.2, 0) is 11.0 Å². The Bertz CT molecular complexity index is 594. The number of alkyl halides is 3. The van der Waals surface area contributed by atoms with Crippen molar-refractivity contribution < 1.29 is 18.0 Å². The Kier molecular flexibility index (Phi) is 4.90. The van der Waals surface area contributed by atoms with E-state index in [1.54, 1.807) is 0 Å². The summed E-state index contributed by atoms with van der Waals surface area (Å²) in [6, 6.07) is 2.89. The molecular formula is C13H13F3N4OS. The summed E-state index contributed by atoms with van der Waals surface area (Å²) in [5, 5.41) is 11.7. The first-order valence-corrected chi connectivity index (χ1v) is 7.58. The molecule has 2 rings (SSSR count). The van der Waals surface area contributed by atoms with Gasteiger partial charge in [0.2, 0.25) is 5.91 Å². The summed E-state index contributed by atoms with van der Waals surface area (Å²) in [5.41, 5.74) is -1.89. The average molecular weight is 330 g/mol. The molecule has 9 heteroatoms. The lowest BCUT2D eigenvalue weighted by Gasteiger charge is -2.21. The number of aromatic nitrogens is 2. The first-order chi connectivity index (χ1) is 10.3. The number of thioether (sulfide) groups is 1. The summed E-state index contributed by atoms with van der Waals surface area (Å²) in [7, 11) is 0. The quantitative estimate of drug-likeness (QED) is 0.678. The fraction of sp³-hybridized carbons (Fsp3) is 0.538. The van der Waals surface area contributed by atoms with Gasteiger partial charge in [0.25, 0.3) is 0 Å². The predicted octanol–water partition coefficient (Wildman–Crippen LogP) is 2.54. The van der Waals surface area contributed by atoms with Gasteiger partial charge < -0.3 is 5.32 Å². The van der Waals surface area contributed by atoms with E-state index >= 15 is 0 Å². The second-order valence-corrected chi connectivity index (χ2v) is 5.90. The van der Waals surface area contributed by atoms with Crippen LogP contribution in [0.25, 0.3) is 0 Å². The van der Waals surface area contributed by atoms with E-state index in [-0.39, 0.29) is 10.9 Å². The average Bonchev–Trinajstić information content (AvgIpc) is 2.94. The molecule has 1 saturated carbocycles. The Morgan fingerprint density at radius 3 is 2.73 bits per heavy atom. The van der Waals surface area contributed by atoms with Gasteiger partial charge >= 0.3 is 6.18 Å². The van der Waals surface area contributed by atoms with Crippen LogP contribution in [0.4, 0.5) is 13.2 Å². The predicted molar refractivity (Wildman–Crippen MR) is 72.7 cm³/mol. The fourth-order valence-electron chi connectivity index (χ4n) is 2.24. The van der Waals surface area contributed by atoms with Gasteiger partial charge in [-0.15, -0.1) is 0 Å². The van der Waals surface area contributed by atoms with E-state index < -0.39 is 23.3 Å². The highest BCUT2D eigenvalue weighted by Gasteiger charge is 2.35. The molecule has 1 aliphatic carbocycles. The molecule has 0 unspecified atom stereocenters. The lowest BCUT2D eigenvalue weighted by Crippen LogP contribution is -2.45. The molecule has 1 amide bonds. The molecule has 0 saturated heterocycles. The fourth-order valence-corrected chi connectivity index (χ4v) is 2.88. The maximum absolute atomic E-state index is 12.5. The van der Waals surface area contributed by atoms with Crippen LogP contribution in [0.15, 0.2) is 17.4 Å². The lowest BCUT2D eigenvalue weighted by atomic mass is 10.0. The van der Waals surface area contributed by atoms with Gasteiger partial charge in [-0.25, -0.2) is 9.97 Å². The van der Waals surface area contributed by atoms with E-state index in [2.05, 4.69) is 21.4 Å². The maximum Gasteiger partial charge on any atom is 0.433 e. The molecule has 0 atom stereocenters. The third kappa shape index (κ3) is 4.10. The lowest BCUT2D eigenvalue weighted by molar-refractivity contribution is -0.141. The minimum absolute atomic E-state index is 0.123. The minimum atomic E-state index is -4.55. The highest BCUT2D eigenvalue weighted by Crippen LogP contribution is 2.30. The molecule has 0 spiro atoms. The van der Waals surface area contributed by atoms with Crippen LogP contribution in [-0.4, -0.2) is 27.2 Å². The van der Waals surface area contributed by atoms with Gasteiger partial charge in [0.15, 0.2) is 5.16 Å². The number of hydrogen-bond donors (Lipinski definition) is 1. The zero-order valence-electron chi connectivity index (χ0n) is 11.5. The van der Waals surface area contributed by atoms with Crippen molar-refractivity contribution in [2.45, 2.75) is 42.6 Å². The van der Waals surface area contributed by atoms with E-state index in [9.17, 15) is 18.0 Å². The Morgan fingerprint density at radius 1 is 1.45 bits per heavy atom. The molecule has 118 valence electrons. The Morgan fingerprint density at radius 2 is 2.14 bits per heavy atom. The first kappa shape index (κ1) is 16.5. The Labute approximate surface area is 129 Å². The highest BCUT2D eigenvalue weighted by molar-refractivity contribution is 7.99. The summed E-state index contributed by atoms with van der Waals surface area (Å²) >= 11 is 0.808. The van der Waals surface area contributed by atoms with Crippen molar-refractivity contribution in [1.82, 2.24) is 15.3 Å². The van der Waals surface area contributed by atoms with E-state index in [1.165, 1.54) is 0 Å². The van der Waals surface area contributed by atoms with Crippen molar-refractivity contribution in [2.75, 3.05) is 5.75 Å². The maximum atomic E-state index is 12.5. The van der Waals surface area contributed by atoms with Crippen LogP contribution < -0.4 is 5.32 Å². The molecule has 0 bridgehead atoms. The molecule has 0 aromatic carbocycles. The van der Waals surface area contributed by atoms with Gasteiger partial charge in [-0.3, -0.25) is 4.79 Å². The van der Waals surface area contributed by atoms with Crippen LogP contribution in [0.2, 0.25) is 0 Å². The number of amides is 1. The van der Waals surface area contributed by atoms with Crippen molar-refractivity contribution in [2.24, 2.45) is 0 Å². The second kappa shape index (κ2) is 6.52. The highest BCUT2D eigenvalue weighted by atomic mass is 32.2. The number of nitriles is 1. The van der Waals surface area contributed by atoms with Crippen LogP contribution in [0.1, 0.15) is 31.4 Å². The van der Waals surface area contributed by atoms with Crippen LogP contribution in [0.5, 0.6) is 0 Å². The zero-order valence-corrected chi connectivity index (χ0v) is 12.3. The van der Waals surface area contributed by atoms with Crippen LogP contribution in [0, 0.1) is 11.3 Å². The van der Waals surface area contributed by atoms with E-state index in [1.807, 2.05) is 0 Å². The normalized spacial score (nSPS) is 17.0. The summed E-state index contributed by atoms with van der Waals surface area (Å²) in [6.45, 7) is 0. The first-order valence-electron chi connectivity index (χ1n) is 6.60. The van der Waals surface area contributed by atoms with Crippen molar-refractivity contribution in [1.29, 1.82) is 5.26 Å². The van der Waals surface area contributed by atoms with Crippen molar-refractivity contribution in [3.63, 3.8) is 0 Å². The van der Waals surface area contributed by atoms with Crippen molar-refractivity contribution in [3.8, 4) is 6.07 Å². The molecular weight excluding hydrogens is 317 g/mol. The molecule has 0 radical (unpaired) electrons. The number of hydrogen-bond acceptors (Lipinski definition) is 5. The smallest absolute Gasteiger partial charge is 0.337 e. The van der Waals surface area contributed by atoms with Crippen LogP contribution in [0.3, 0.4) is 0 Å². The van der Waals surface area contributed by atoms with E-state index in [0.29, 0.717) is 12.8 Å². The van der Waals surface area contributed by atoms with Crippen molar-refractivity contribution >= 4 is 17.7 Å². The molecule has 1 aromatic rings. The SMILES string of the molecule is N#CC1(NC(=O)CSc2nccc(C(F)(F)F)n2)CCCC1. The number of rotatable bonds is 4. The Hall–Kier alpha value is -1.82. The van der Waals surface area contributed by atoms with Gasteiger partial charge in [0.05, 0.1) is 11.8 Å². The topological polar surface area (TPSA) is 78.7 Å². The largest absolute Gasteiger partial charge is 0.433 e. The molecule has 1 aliphatic rings. The number of nitrogens with zero attached hydrogens (tertiary/aromatic N) is 3. The molecule has 1 heterocycles. The third-order valence-corrected chi connectivity index (χ3v) is 4.17. The summed E-state index contributed by atoms with van der Waals surface area (Å²) in [4.78, 5) is 18.9. The van der Waals surface area contributed by atoms with Crippen LogP contribution >= 0.6 is 11.8 Å². The molecule has 5 nitrogen and oxygen atoms in total. The number of nitrogens with one attached hydrogen (secondary N) is 1. The van der Waals surface area contributed by atoms with Crippen molar-refractivity contribution in [3.05, 3.63) is 18.0 Å². The molecule has 1 fully saturated rings. The summed E-state index contributed by atoms with van der Waals surface area (Å²) in [5.74, 6) is -0.542. The second-order valence-electron chi connectivity index (χ2n) is 4.96. The minimum Gasteiger partial charge on any atom is -0.337 e. The van der Waals surface area contributed by atoms with Gasteiger partial charge in [0, 0.05) is 6.20 Å². The molecule has 1 N–H and O–H groups in total. The number of carbonyl (C=O) groups is 1. The molecule has 1 aromatic heterocycles. The standard InChI is InChI=1S/C13H13F3N4OS/c14-13(15,16)9-3-6-18-11(19-9)22-7-10(21)20-12(8-17)4-1-2-5-12/h3,6H,1-2,4-5,7H2,(H,20,21). The summed E-state index contributed by atoms with van der Waals surface area (Å²) in [6.07, 6.45) is -0.603. The number of carbonyl (C=O) groups excluding carboxylic acids is 1. The number of halogens is 3. The summed E-state index contributed by atoms with van der Waals surface area (Å²) < 4.78 is 37.6. The van der Waals surface area contributed by atoms with Gasteiger partial charge in [-0.2, -0.15) is 18.4 Å².